The number of aryl methyl sites for hydroxylation is 1. The van der Waals surface area contributed by atoms with Crippen molar-refractivity contribution in [3.63, 3.8) is 0 Å². The second-order valence-corrected chi connectivity index (χ2v) is 4.18. The summed E-state index contributed by atoms with van der Waals surface area (Å²) in [7, 11) is 0. The lowest BCUT2D eigenvalue weighted by Crippen LogP contribution is -2.23. The normalized spacial score (nSPS) is 10.2. The third kappa shape index (κ3) is 3.19. The molecular weight excluding hydrogens is 202 g/mol. The van der Waals surface area contributed by atoms with Gasteiger partial charge in [-0.1, -0.05) is 32.0 Å². The highest BCUT2D eigenvalue weighted by Crippen LogP contribution is 2.18. The minimum absolute atomic E-state index is 0.293. The molecule has 0 aliphatic heterocycles. The van der Waals surface area contributed by atoms with Crippen LogP contribution in [0.5, 0.6) is 0 Å². The van der Waals surface area contributed by atoms with Crippen LogP contribution in [0.15, 0.2) is 18.2 Å². The zero-order valence-corrected chi connectivity index (χ0v) is 9.91. The Morgan fingerprint density at radius 1 is 1.44 bits per heavy atom. The fourth-order valence-electron chi connectivity index (χ4n) is 1.46. The van der Waals surface area contributed by atoms with Crippen molar-refractivity contribution in [3.05, 3.63) is 34.9 Å². The van der Waals surface area contributed by atoms with Crippen LogP contribution in [0, 0.1) is 6.92 Å². The zero-order chi connectivity index (χ0) is 12.1. The lowest BCUT2D eigenvalue weighted by Gasteiger charge is -2.11. The molecule has 1 amide bonds. The first-order valence-corrected chi connectivity index (χ1v) is 5.37. The molecule has 1 aromatic carbocycles. The number of rotatable bonds is 4. The van der Waals surface area contributed by atoms with Crippen molar-refractivity contribution in [2.45, 2.75) is 33.2 Å². The molecule has 0 saturated heterocycles. The van der Waals surface area contributed by atoms with Crippen molar-refractivity contribution >= 4 is 12.2 Å². The number of benzene rings is 1. The first kappa shape index (κ1) is 12.4. The van der Waals surface area contributed by atoms with E-state index < -0.39 is 5.91 Å². The van der Waals surface area contributed by atoms with Crippen molar-refractivity contribution in [3.8, 4) is 0 Å². The molecule has 0 radical (unpaired) electrons. The lowest BCUT2D eigenvalue weighted by molar-refractivity contribution is -0.131. The Labute approximate surface area is 95.9 Å². The molecule has 0 bridgehead atoms. The standard InChI is InChI=1S/C13H17NO2/c1-9(2)11-5-4-10(3)12(6-11)7-14-13(16)8-15/h4-6,8-9H,7H2,1-3H3,(H,14,16). The largest absolute Gasteiger partial charge is 0.346 e. The van der Waals surface area contributed by atoms with Gasteiger partial charge in [0.1, 0.15) is 0 Å². The van der Waals surface area contributed by atoms with Gasteiger partial charge in [0.2, 0.25) is 6.29 Å². The highest BCUT2D eigenvalue weighted by Gasteiger charge is 2.05. The van der Waals surface area contributed by atoms with E-state index in [0.717, 1.165) is 11.1 Å². The first-order chi connectivity index (χ1) is 7.54. The summed E-state index contributed by atoms with van der Waals surface area (Å²) >= 11 is 0. The second-order valence-electron chi connectivity index (χ2n) is 4.18. The minimum atomic E-state index is -0.575. The summed E-state index contributed by atoms with van der Waals surface area (Å²) in [5.41, 5.74) is 3.41. The molecule has 3 heteroatoms. The van der Waals surface area contributed by atoms with Gasteiger partial charge in [-0.25, -0.2) is 0 Å². The van der Waals surface area contributed by atoms with Crippen LogP contribution < -0.4 is 5.32 Å². The maximum Gasteiger partial charge on any atom is 0.284 e. The minimum Gasteiger partial charge on any atom is -0.346 e. The van der Waals surface area contributed by atoms with Crippen LogP contribution in [0.1, 0.15) is 36.5 Å². The number of aldehydes is 1. The number of amides is 1. The quantitative estimate of drug-likeness (QED) is 0.621. The Morgan fingerprint density at radius 2 is 2.12 bits per heavy atom. The Hall–Kier alpha value is -1.64. The predicted molar refractivity (Wildman–Crippen MR) is 63.2 cm³/mol. The average Bonchev–Trinajstić information content (AvgIpc) is 2.27. The molecule has 0 aliphatic carbocycles. The smallest absolute Gasteiger partial charge is 0.284 e. The lowest BCUT2D eigenvalue weighted by atomic mass is 9.98. The van der Waals surface area contributed by atoms with E-state index in [9.17, 15) is 9.59 Å². The summed E-state index contributed by atoms with van der Waals surface area (Å²) < 4.78 is 0. The molecule has 0 heterocycles. The summed E-state index contributed by atoms with van der Waals surface area (Å²) in [5.74, 6) is -0.115. The van der Waals surface area contributed by atoms with Gasteiger partial charge in [-0.05, 0) is 29.5 Å². The van der Waals surface area contributed by atoms with Gasteiger partial charge in [0.25, 0.3) is 5.91 Å². The zero-order valence-electron chi connectivity index (χ0n) is 9.91. The highest BCUT2D eigenvalue weighted by atomic mass is 16.2. The van der Waals surface area contributed by atoms with Gasteiger partial charge in [0.05, 0.1) is 0 Å². The third-order valence-electron chi connectivity index (χ3n) is 2.60. The van der Waals surface area contributed by atoms with Gasteiger partial charge in [-0.2, -0.15) is 0 Å². The van der Waals surface area contributed by atoms with E-state index in [4.69, 9.17) is 0 Å². The van der Waals surface area contributed by atoms with Crippen LogP contribution in [0.3, 0.4) is 0 Å². The third-order valence-corrected chi connectivity index (χ3v) is 2.60. The van der Waals surface area contributed by atoms with Gasteiger partial charge < -0.3 is 5.32 Å². The van der Waals surface area contributed by atoms with Crippen molar-refractivity contribution in [1.82, 2.24) is 5.32 Å². The van der Waals surface area contributed by atoms with E-state index in [1.54, 1.807) is 0 Å². The van der Waals surface area contributed by atoms with E-state index in [2.05, 4.69) is 31.3 Å². The van der Waals surface area contributed by atoms with Crippen LogP contribution >= 0.6 is 0 Å². The molecule has 0 fully saturated rings. The van der Waals surface area contributed by atoms with Gasteiger partial charge in [-0.3, -0.25) is 9.59 Å². The Kier molecular flexibility index (Phi) is 4.23. The molecule has 0 spiro atoms. The molecule has 16 heavy (non-hydrogen) atoms. The molecular formula is C13H17NO2. The van der Waals surface area contributed by atoms with Crippen LogP contribution in [0.2, 0.25) is 0 Å². The molecule has 3 nitrogen and oxygen atoms in total. The molecule has 86 valence electrons. The van der Waals surface area contributed by atoms with Crippen molar-refractivity contribution in [2.24, 2.45) is 0 Å². The second kappa shape index (κ2) is 5.45. The molecule has 1 rings (SSSR count). The van der Waals surface area contributed by atoms with Crippen molar-refractivity contribution in [1.29, 1.82) is 0 Å². The molecule has 0 saturated carbocycles. The number of nitrogens with one attached hydrogen (secondary N) is 1. The van der Waals surface area contributed by atoms with Crippen LogP contribution in [-0.2, 0) is 16.1 Å². The first-order valence-electron chi connectivity index (χ1n) is 5.37. The van der Waals surface area contributed by atoms with Crippen LogP contribution in [0.4, 0.5) is 0 Å². The van der Waals surface area contributed by atoms with E-state index >= 15 is 0 Å². The topological polar surface area (TPSA) is 46.2 Å². The molecule has 0 atom stereocenters. The Bertz CT molecular complexity index is 397. The number of hydrogen-bond acceptors (Lipinski definition) is 2. The number of carbonyl (C=O) groups is 2. The summed E-state index contributed by atoms with van der Waals surface area (Å²) in [6.07, 6.45) is 0.293. The summed E-state index contributed by atoms with van der Waals surface area (Å²) in [4.78, 5) is 21.0. The van der Waals surface area contributed by atoms with Gasteiger partial charge in [-0.15, -0.1) is 0 Å². The van der Waals surface area contributed by atoms with Gasteiger partial charge in [0, 0.05) is 6.54 Å². The van der Waals surface area contributed by atoms with Crippen LogP contribution in [-0.4, -0.2) is 12.2 Å². The monoisotopic (exact) mass is 219 g/mol. The van der Waals surface area contributed by atoms with Crippen molar-refractivity contribution < 1.29 is 9.59 Å². The van der Waals surface area contributed by atoms with E-state index in [-0.39, 0.29) is 0 Å². The number of hydrogen-bond donors (Lipinski definition) is 1. The molecule has 1 N–H and O–H groups in total. The predicted octanol–water partition coefficient (Wildman–Crippen LogP) is 1.93. The maximum absolute atomic E-state index is 10.8. The SMILES string of the molecule is Cc1ccc(C(C)C)cc1CNC(=O)C=O. The summed E-state index contributed by atoms with van der Waals surface area (Å²) in [6.45, 7) is 6.65. The van der Waals surface area contributed by atoms with Gasteiger partial charge in [0.15, 0.2) is 0 Å². The fourth-order valence-corrected chi connectivity index (χ4v) is 1.46. The fraction of sp³-hybridized carbons (Fsp3) is 0.385. The Morgan fingerprint density at radius 3 is 2.69 bits per heavy atom. The molecule has 0 unspecified atom stereocenters. The molecule has 1 aromatic rings. The van der Waals surface area contributed by atoms with E-state index in [1.165, 1.54) is 5.56 Å². The highest BCUT2D eigenvalue weighted by molar-refractivity contribution is 6.23. The number of carbonyl (C=O) groups excluding carboxylic acids is 2. The molecule has 0 aromatic heterocycles. The summed E-state index contributed by atoms with van der Waals surface area (Å²) in [5, 5.41) is 2.55. The average molecular weight is 219 g/mol. The van der Waals surface area contributed by atoms with E-state index in [0.29, 0.717) is 18.7 Å². The Balaban J connectivity index is 2.81. The summed E-state index contributed by atoms with van der Waals surface area (Å²) in [6, 6.07) is 6.20. The van der Waals surface area contributed by atoms with Crippen molar-refractivity contribution in [2.75, 3.05) is 0 Å². The van der Waals surface area contributed by atoms with Gasteiger partial charge >= 0.3 is 0 Å². The van der Waals surface area contributed by atoms with Crippen LogP contribution in [0.25, 0.3) is 0 Å². The maximum atomic E-state index is 10.8. The van der Waals surface area contributed by atoms with E-state index in [1.807, 2.05) is 13.0 Å². The molecule has 0 aliphatic rings.